The molecular weight excluding hydrogens is 156 g/mol. The van der Waals surface area contributed by atoms with E-state index in [1.807, 2.05) is 0 Å². The Morgan fingerprint density at radius 1 is 1.09 bits per heavy atom. The third-order valence-electron chi connectivity index (χ3n) is 2.34. The number of methoxy groups -OCH3 is 2. The molecule has 0 aliphatic carbocycles. The topological polar surface area (TPSA) is 18.5 Å². The minimum absolute atomic E-state index is 0.724. The first-order valence-corrected chi connectivity index (χ1v) is 7.04. The van der Waals surface area contributed by atoms with Crippen LogP contribution in [0.2, 0.25) is 12.1 Å². The maximum Gasteiger partial charge on any atom is 0.112 e. The normalized spacial score (nSPS) is 12.5. The van der Waals surface area contributed by atoms with Crippen molar-refractivity contribution < 1.29 is 9.47 Å². The Morgan fingerprint density at radius 3 is 1.64 bits per heavy atom. The summed E-state index contributed by atoms with van der Waals surface area (Å²) in [5.41, 5.74) is 0.724. The van der Waals surface area contributed by atoms with Crippen LogP contribution in [-0.2, 0) is 9.47 Å². The Hall–Kier alpha value is 0.137. The second-order valence-electron chi connectivity index (χ2n) is 3.67. The average Bonchev–Trinajstić information content (AvgIpc) is 1.88. The average molecular weight is 176 g/mol. The van der Waals surface area contributed by atoms with Gasteiger partial charge in [-0.25, -0.2) is 0 Å². The summed E-state index contributed by atoms with van der Waals surface area (Å²) in [5, 5.41) is 0. The van der Waals surface area contributed by atoms with Crippen LogP contribution in [0.25, 0.3) is 0 Å². The standard InChI is InChI=1S/C8H20O2Si/c1-8(2)11(5,6-9-3)7-10-4/h8H,6-7H2,1-5H3. The van der Waals surface area contributed by atoms with Crippen LogP contribution < -0.4 is 0 Å². The van der Waals surface area contributed by atoms with Crippen molar-refractivity contribution in [2.24, 2.45) is 0 Å². The number of hydrogen-bond donors (Lipinski definition) is 0. The summed E-state index contributed by atoms with van der Waals surface area (Å²) in [6.07, 6.45) is 1.80. The molecule has 2 nitrogen and oxygen atoms in total. The first kappa shape index (κ1) is 11.1. The van der Waals surface area contributed by atoms with Crippen molar-refractivity contribution in [2.75, 3.05) is 26.7 Å². The molecule has 0 saturated heterocycles. The van der Waals surface area contributed by atoms with Crippen molar-refractivity contribution in [2.45, 2.75) is 25.9 Å². The van der Waals surface area contributed by atoms with E-state index in [2.05, 4.69) is 20.4 Å². The van der Waals surface area contributed by atoms with E-state index in [1.165, 1.54) is 0 Å². The Labute approximate surface area is 70.9 Å². The van der Waals surface area contributed by atoms with Gasteiger partial charge in [-0.2, -0.15) is 0 Å². The summed E-state index contributed by atoms with van der Waals surface area (Å²) in [6.45, 7) is 6.83. The Kier molecular flexibility index (Phi) is 4.96. The fourth-order valence-electron chi connectivity index (χ4n) is 1.03. The van der Waals surface area contributed by atoms with Crippen LogP contribution in [0, 0.1) is 0 Å². The minimum Gasteiger partial charge on any atom is -0.388 e. The van der Waals surface area contributed by atoms with Crippen molar-refractivity contribution in [3.8, 4) is 0 Å². The molecule has 0 heterocycles. The van der Waals surface area contributed by atoms with Gasteiger partial charge in [-0.05, 0) is 5.54 Å². The zero-order chi connectivity index (χ0) is 8.91. The van der Waals surface area contributed by atoms with Crippen LogP contribution in [-0.4, -0.2) is 34.8 Å². The highest BCUT2D eigenvalue weighted by molar-refractivity contribution is 6.79. The molecule has 0 atom stereocenters. The van der Waals surface area contributed by atoms with Crippen molar-refractivity contribution in [3.05, 3.63) is 0 Å². The van der Waals surface area contributed by atoms with Crippen LogP contribution in [0.3, 0.4) is 0 Å². The lowest BCUT2D eigenvalue weighted by atomic mass is 10.6. The van der Waals surface area contributed by atoms with E-state index in [1.54, 1.807) is 14.2 Å². The highest BCUT2D eigenvalue weighted by atomic mass is 28.3. The van der Waals surface area contributed by atoms with E-state index in [4.69, 9.17) is 9.47 Å². The summed E-state index contributed by atoms with van der Waals surface area (Å²) in [7, 11) is 2.26. The van der Waals surface area contributed by atoms with Gasteiger partial charge in [0.05, 0.1) is 0 Å². The maximum absolute atomic E-state index is 5.20. The highest BCUT2D eigenvalue weighted by Gasteiger charge is 2.31. The van der Waals surface area contributed by atoms with Crippen LogP contribution >= 0.6 is 0 Å². The van der Waals surface area contributed by atoms with Crippen molar-refractivity contribution >= 4 is 8.07 Å². The summed E-state index contributed by atoms with van der Waals surface area (Å²) in [6, 6.07) is 0. The predicted molar refractivity (Wildman–Crippen MR) is 50.5 cm³/mol. The first-order chi connectivity index (χ1) is 5.06. The SMILES string of the molecule is COC[Si](C)(COC)C(C)C. The summed E-state index contributed by atoms with van der Waals surface area (Å²) >= 11 is 0. The molecule has 0 spiro atoms. The van der Waals surface area contributed by atoms with Crippen LogP contribution in [0.15, 0.2) is 0 Å². The predicted octanol–water partition coefficient (Wildman–Crippen LogP) is 1.85. The van der Waals surface area contributed by atoms with Crippen LogP contribution in [0.5, 0.6) is 0 Å². The molecule has 0 rings (SSSR count). The first-order valence-electron chi connectivity index (χ1n) is 4.04. The lowest BCUT2D eigenvalue weighted by Crippen LogP contribution is -2.44. The van der Waals surface area contributed by atoms with Gasteiger partial charge in [0.15, 0.2) is 0 Å². The van der Waals surface area contributed by atoms with Gasteiger partial charge in [0.1, 0.15) is 8.07 Å². The van der Waals surface area contributed by atoms with Crippen molar-refractivity contribution in [3.63, 3.8) is 0 Å². The van der Waals surface area contributed by atoms with Gasteiger partial charge in [-0.1, -0.05) is 20.4 Å². The van der Waals surface area contributed by atoms with Gasteiger partial charge in [0, 0.05) is 26.7 Å². The fraction of sp³-hybridized carbons (Fsp3) is 1.00. The number of hydrogen-bond acceptors (Lipinski definition) is 2. The lowest BCUT2D eigenvalue weighted by Gasteiger charge is -2.29. The molecule has 0 fully saturated rings. The van der Waals surface area contributed by atoms with Gasteiger partial charge < -0.3 is 9.47 Å². The molecule has 3 heteroatoms. The molecule has 0 radical (unpaired) electrons. The summed E-state index contributed by atoms with van der Waals surface area (Å²) in [4.78, 5) is 0. The number of rotatable bonds is 5. The van der Waals surface area contributed by atoms with E-state index in [-0.39, 0.29) is 0 Å². The summed E-state index contributed by atoms with van der Waals surface area (Å²) in [5.74, 6) is 0. The quantitative estimate of drug-likeness (QED) is 0.595. The molecular formula is C8H20O2Si. The van der Waals surface area contributed by atoms with E-state index in [0.717, 1.165) is 18.0 Å². The Bertz CT molecular complexity index is 98.3. The molecule has 0 N–H and O–H groups in total. The molecule has 0 aliphatic heterocycles. The molecule has 68 valence electrons. The largest absolute Gasteiger partial charge is 0.388 e. The molecule has 0 aromatic rings. The van der Waals surface area contributed by atoms with Gasteiger partial charge in [-0.3, -0.25) is 0 Å². The second kappa shape index (κ2) is 4.90. The zero-order valence-electron chi connectivity index (χ0n) is 8.31. The van der Waals surface area contributed by atoms with E-state index in [9.17, 15) is 0 Å². The molecule has 0 aromatic carbocycles. The van der Waals surface area contributed by atoms with Gasteiger partial charge in [-0.15, -0.1) is 0 Å². The molecule has 0 amide bonds. The molecule has 0 aromatic heterocycles. The molecule has 11 heavy (non-hydrogen) atoms. The van der Waals surface area contributed by atoms with Gasteiger partial charge in [0.25, 0.3) is 0 Å². The Balaban J connectivity index is 4.01. The third-order valence-corrected chi connectivity index (χ3v) is 7.03. The zero-order valence-corrected chi connectivity index (χ0v) is 9.31. The van der Waals surface area contributed by atoms with Crippen molar-refractivity contribution in [1.82, 2.24) is 0 Å². The maximum atomic E-state index is 5.20. The molecule has 0 saturated carbocycles. The summed E-state index contributed by atoms with van der Waals surface area (Å²) < 4.78 is 10.4. The minimum atomic E-state index is -1.27. The van der Waals surface area contributed by atoms with E-state index < -0.39 is 8.07 Å². The van der Waals surface area contributed by atoms with Crippen molar-refractivity contribution in [1.29, 1.82) is 0 Å². The molecule has 0 bridgehead atoms. The molecule has 0 aliphatic rings. The highest BCUT2D eigenvalue weighted by Crippen LogP contribution is 2.20. The van der Waals surface area contributed by atoms with Crippen LogP contribution in [0.1, 0.15) is 13.8 Å². The second-order valence-corrected chi connectivity index (χ2v) is 8.71. The monoisotopic (exact) mass is 176 g/mol. The fourth-order valence-corrected chi connectivity index (χ4v) is 3.10. The third kappa shape index (κ3) is 3.36. The van der Waals surface area contributed by atoms with Gasteiger partial charge in [0.2, 0.25) is 0 Å². The van der Waals surface area contributed by atoms with E-state index >= 15 is 0 Å². The van der Waals surface area contributed by atoms with Gasteiger partial charge >= 0.3 is 0 Å². The van der Waals surface area contributed by atoms with Crippen LogP contribution in [0.4, 0.5) is 0 Å². The number of ether oxygens (including phenoxy) is 2. The van der Waals surface area contributed by atoms with E-state index in [0.29, 0.717) is 0 Å². The molecule has 0 unspecified atom stereocenters. The Morgan fingerprint density at radius 2 is 1.45 bits per heavy atom. The lowest BCUT2D eigenvalue weighted by molar-refractivity contribution is 0.214. The smallest absolute Gasteiger partial charge is 0.112 e.